The minimum absolute atomic E-state index is 0.0133. The number of rotatable bonds is 6. The highest BCUT2D eigenvalue weighted by molar-refractivity contribution is 6.35. The lowest BCUT2D eigenvalue weighted by molar-refractivity contribution is -0.138. The minimum Gasteiger partial charge on any atom is -0.342 e. The summed E-state index contributed by atoms with van der Waals surface area (Å²) < 4.78 is 0. The Balaban J connectivity index is 0.000000254. The lowest BCUT2D eigenvalue weighted by atomic mass is 9.96. The number of fused-ring (bicyclic) bond motifs is 1. The number of carbonyl (C=O) groups is 3. The SMILES string of the molecule is CC(C)C(=O)C1=C(CNC(=O)C(=O)NCC#N)N=CC1.CC(C)c1cccc2ccccc12. The number of carbonyl (C=O) groups excluding carboxylic acids is 3. The molecular formula is C26H30N4O3. The van der Waals surface area contributed by atoms with E-state index in [0.717, 1.165) is 0 Å². The van der Waals surface area contributed by atoms with E-state index in [1.54, 1.807) is 26.1 Å². The number of Topliss-reactive ketones (excluding diaryl/α,β-unsaturated/α-hetero) is 1. The van der Waals surface area contributed by atoms with Gasteiger partial charge in [0.15, 0.2) is 5.78 Å². The molecule has 0 radical (unpaired) electrons. The fourth-order valence-electron chi connectivity index (χ4n) is 3.38. The molecule has 2 N–H and O–H groups in total. The van der Waals surface area contributed by atoms with E-state index in [1.807, 2.05) is 0 Å². The van der Waals surface area contributed by atoms with Crippen LogP contribution in [0.15, 0.2) is 58.7 Å². The summed E-state index contributed by atoms with van der Waals surface area (Å²) in [5, 5.41) is 15.5. The number of ketones is 1. The highest BCUT2D eigenvalue weighted by atomic mass is 16.2. The number of nitrogens with one attached hydrogen (secondary N) is 2. The molecule has 0 aliphatic carbocycles. The number of amides is 2. The molecule has 0 saturated carbocycles. The van der Waals surface area contributed by atoms with Crippen LogP contribution < -0.4 is 10.6 Å². The van der Waals surface area contributed by atoms with Crippen LogP contribution in [0.4, 0.5) is 0 Å². The third-order valence-electron chi connectivity index (χ3n) is 5.11. The lowest BCUT2D eigenvalue weighted by Crippen LogP contribution is -2.40. The van der Waals surface area contributed by atoms with E-state index >= 15 is 0 Å². The molecule has 33 heavy (non-hydrogen) atoms. The van der Waals surface area contributed by atoms with E-state index in [1.165, 1.54) is 16.3 Å². The Bertz CT molecular complexity index is 1120. The van der Waals surface area contributed by atoms with Gasteiger partial charge in [-0.3, -0.25) is 19.4 Å². The van der Waals surface area contributed by atoms with Crippen LogP contribution >= 0.6 is 0 Å². The van der Waals surface area contributed by atoms with Gasteiger partial charge in [0.2, 0.25) is 0 Å². The van der Waals surface area contributed by atoms with Crippen molar-refractivity contribution >= 4 is 34.6 Å². The number of aliphatic imine (C=N–C) groups is 1. The first kappa shape index (κ1) is 25.5. The molecule has 0 aromatic heterocycles. The first-order valence-electron chi connectivity index (χ1n) is 11.0. The van der Waals surface area contributed by atoms with Crippen molar-refractivity contribution in [2.45, 2.75) is 40.0 Å². The van der Waals surface area contributed by atoms with Crippen molar-refractivity contribution in [3.8, 4) is 6.07 Å². The van der Waals surface area contributed by atoms with Crippen LogP contribution in [0.5, 0.6) is 0 Å². The van der Waals surface area contributed by atoms with E-state index in [-0.39, 0.29) is 24.8 Å². The smallest absolute Gasteiger partial charge is 0.310 e. The van der Waals surface area contributed by atoms with Crippen LogP contribution in [-0.4, -0.2) is 36.9 Å². The monoisotopic (exact) mass is 446 g/mol. The quantitative estimate of drug-likeness (QED) is 0.521. The van der Waals surface area contributed by atoms with Crippen molar-refractivity contribution in [3.05, 3.63) is 59.3 Å². The zero-order valence-electron chi connectivity index (χ0n) is 19.5. The Morgan fingerprint density at radius 3 is 2.33 bits per heavy atom. The van der Waals surface area contributed by atoms with Gasteiger partial charge < -0.3 is 10.6 Å². The number of allylic oxidation sites excluding steroid dienone is 1. The lowest BCUT2D eigenvalue weighted by Gasteiger charge is -2.08. The normalized spacial score (nSPS) is 12.4. The van der Waals surface area contributed by atoms with E-state index < -0.39 is 11.8 Å². The van der Waals surface area contributed by atoms with Gasteiger partial charge in [0.05, 0.1) is 18.3 Å². The third kappa shape index (κ3) is 7.11. The third-order valence-corrected chi connectivity index (χ3v) is 5.11. The van der Waals surface area contributed by atoms with E-state index in [0.29, 0.717) is 23.6 Å². The van der Waals surface area contributed by atoms with Crippen molar-refractivity contribution in [3.63, 3.8) is 0 Å². The topological polar surface area (TPSA) is 111 Å². The molecule has 1 aliphatic rings. The summed E-state index contributed by atoms with van der Waals surface area (Å²) >= 11 is 0. The van der Waals surface area contributed by atoms with Crippen LogP contribution in [0.25, 0.3) is 10.8 Å². The molecule has 0 spiro atoms. The summed E-state index contributed by atoms with van der Waals surface area (Å²) in [5.74, 6) is -1.29. The highest BCUT2D eigenvalue weighted by Crippen LogP contribution is 2.24. The summed E-state index contributed by atoms with van der Waals surface area (Å²) in [6.45, 7) is 7.84. The molecule has 7 heteroatoms. The van der Waals surface area contributed by atoms with E-state index in [4.69, 9.17) is 5.26 Å². The molecule has 2 amide bonds. The predicted octanol–water partition coefficient (Wildman–Crippen LogP) is 3.66. The Kier molecular flexibility index (Phi) is 9.49. The largest absolute Gasteiger partial charge is 0.342 e. The first-order chi connectivity index (χ1) is 15.8. The van der Waals surface area contributed by atoms with Crippen molar-refractivity contribution in [1.82, 2.24) is 10.6 Å². The van der Waals surface area contributed by atoms with Gasteiger partial charge in [0.1, 0.15) is 6.54 Å². The summed E-state index contributed by atoms with van der Waals surface area (Å²) in [7, 11) is 0. The maximum absolute atomic E-state index is 11.9. The average Bonchev–Trinajstić information content (AvgIpc) is 3.28. The van der Waals surface area contributed by atoms with Gasteiger partial charge in [0.25, 0.3) is 0 Å². The molecule has 0 unspecified atom stereocenters. The van der Waals surface area contributed by atoms with Gasteiger partial charge >= 0.3 is 11.8 Å². The Labute approximate surface area is 194 Å². The van der Waals surface area contributed by atoms with Gasteiger partial charge in [-0.25, -0.2) is 0 Å². The molecular weight excluding hydrogens is 416 g/mol. The van der Waals surface area contributed by atoms with Gasteiger partial charge in [-0.1, -0.05) is 70.2 Å². The first-order valence-corrected chi connectivity index (χ1v) is 11.0. The molecule has 0 bridgehead atoms. The predicted molar refractivity (Wildman–Crippen MR) is 130 cm³/mol. The van der Waals surface area contributed by atoms with Crippen LogP contribution in [0.2, 0.25) is 0 Å². The van der Waals surface area contributed by atoms with Gasteiger partial charge in [-0.05, 0) is 22.3 Å². The second-order valence-corrected chi connectivity index (χ2v) is 8.21. The Hall–Kier alpha value is -3.79. The van der Waals surface area contributed by atoms with Crippen LogP contribution in [0.3, 0.4) is 0 Å². The van der Waals surface area contributed by atoms with Crippen molar-refractivity contribution in [1.29, 1.82) is 5.26 Å². The van der Waals surface area contributed by atoms with Crippen LogP contribution in [0, 0.1) is 17.2 Å². The molecule has 3 rings (SSSR count). The fraction of sp³-hybridized carbons (Fsp3) is 0.346. The summed E-state index contributed by atoms with van der Waals surface area (Å²) in [6.07, 6.45) is 2.05. The minimum atomic E-state index is -0.883. The maximum Gasteiger partial charge on any atom is 0.310 e. The molecule has 0 saturated heterocycles. The summed E-state index contributed by atoms with van der Waals surface area (Å²) in [5.41, 5.74) is 2.49. The molecule has 172 valence electrons. The van der Waals surface area contributed by atoms with E-state index in [9.17, 15) is 14.4 Å². The standard InChI is InChI=1S/C13H16N4O3.C13H14/c1-8(2)11(18)9-3-5-15-10(9)7-17-13(20)12(19)16-6-4-14;1-10(2)12-9-5-7-11-6-3-4-8-13(11)12/h5,8H,3,6-7H2,1-2H3,(H,16,19)(H,17,20);3-10H,1-2H3. The second-order valence-electron chi connectivity index (χ2n) is 8.21. The molecule has 1 heterocycles. The number of hydrogen-bond acceptors (Lipinski definition) is 5. The Morgan fingerprint density at radius 1 is 1.00 bits per heavy atom. The van der Waals surface area contributed by atoms with Crippen molar-refractivity contribution in [2.75, 3.05) is 13.1 Å². The molecule has 2 aromatic rings. The number of nitrogens with zero attached hydrogens (tertiary/aromatic N) is 2. The van der Waals surface area contributed by atoms with Crippen LogP contribution in [0.1, 0.15) is 45.6 Å². The average molecular weight is 447 g/mol. The maximum atomic E-state index is 11.9. The zero-order valence-corrected chi connectivity index (χ0v) is 19.5. The van der Waals surface area contributed by atoms with Crippen LogP contribution in [-0.2, 0) is 14.4 Å². The number of nitriles is 1. The molecule has 1 aliphatic heterocycles. The highest BCUT2D eigenvalue weighted by Gasteiger charge is 2.21. The Morgan fingerprint density at radius 2 is 1.67 bits per heavy atom. The molecule has 2 aromatic carbocycles. The van der Waals surface area contributed by atoms with E-state index in [2.05, 4.69) is 71.9 Å². The van der Waals surface area contributed by atoms with Gasteiger partial charge in [0, 0.05) is 24.1 Å². The molecule has 7 nitrogen and oxygen atoms in total. The number of benzene rings is 2. The number of hydrogen-bond donors (Lipinski definition) is 2. The summed E-state index contributed by atoms with van der Waals surface area (Å²) in [6, 6.07) is 16.8. The van der Waals surface area contributed by atoms with Crippen molar-refractivity contribution in [2.24, 2.45) is 10.9 Å². The molecule has 0 atom stereocenters. The fourth-order valence-corrected chi connectivity index (χ4v) is 3.38. The summed E-state index contributed by atoms with van der Waals surface area (Å²) in [4.78, 5) is 38.6. The molecule has 0 fully saturated rings. The van der Waals surface area contributed by atoms with Crippen molar-refractivity contribution < 1.29 is 14.4 Å². The van der Waals surface area contributed by atoms with Gasteiger partial charge in [-0.15, -0.1) is 0 Å². The zero-order chi connectivity index (χ0) is 24.4. The second kappa shape index (κ2) is 12.3. The van der Waals surface area contributed by atoms with Gasteiger partial charge in [-0.2, -0.15) is 5.26 Å².